The van der Waals surface area contributed by atoms with Crippen LogP contribution in [0.25, 0.3) is 0 Å². The Kier molecular flexibility index (Phi) is 4.20. The van der Waals surface area contributed by atoms with Crippen LogP contribution in [0.3, 0.4) is 0 Å². The zero-order chi connectivity index (χ0) is 15.7. The number of carbonyl (C=O) groups is 2. The van der Waals surface area contributed by atoms with E-state index in [4.69, 9.17) is 0 Å². The molecule has 22 heavy (non-hydrogen) atoms. The number of hydrogen-bond donors (Lipinski definition) is 1. The van der Waals surface area contributed by atoms with Crippen LogP contribution in [0.4, 0.5) is 0 Å². The number of rotatable bonds is 5. The highest BCUT2D eigenvalue weighted by atomic mass is 16.1. The third kappa shape index (κ3) is 3.16. The summed E-state index contributed by atoms with van der Waals surface area (Å²) in [6.07, 6.45) is 1.52. The normalized spacial score (nSPS) is 22.5. The first kappa shape index (κ1) is 15.1. The first-order valence-electron chi connectivity index (χ1n) is 8.18. The number of carbonyl (C=O) groups excluding carboxylic acids is 2. The molecule has 0 bridgehead atoms. The van der Waals surface area contributed by atoms with Gasteiger partial charge in [0.25, 0.3) is 0 Å². The molecular weight excluding hydrogens is 280 g/mol. The van der Waals surface area contributed by atoms with Crippen LogP contribution >= 0.6 is 0 Å². The lowest BCUT2D eigenvalue weighted by molar-refractivity contribution is -0.117. The van der Waals surface area contributed by atoms with Crippen LogP contribution in [-0.2, 0) is 9.59 Å². The highest BCUT2D eigenvalue weighted by Gasteiger charge is 2.43. The molecule has 3 saturated heterocycles. The molecule has 0 aromatic heterocycles. The van der Waals surface area contributed by atoms with Gasteiger partial charge in [0, 0.05) is 45.3 Å². The zero-order valence-electron chi connectivity index (χ0n) is 13.4. The first-order chi connectivity index (χ1) is 10.7. The highest BCUT2D eigenvalue weighted by Crippen LogP contribution is 2.33. The van der Waals surface area contributed by atoms with Gasteiger partial charge in [-0.2, -0.15) is 0 Å². The third-order valence-corrected chi connectivity index (χ3v) is 3.99. The van der Waals surface area contributed by atoms with Crippen molar-refractivity contribution in [3.05, 3.63) is 23.2 Å². The summed E-state index contributed by atoms with van der Waals surface area (Å²) in [6, 6.07) is 0. The summed E-state index contributed by atoms with van der Waals surface area (Å²) >= 11 is 0. The number of nitrogens with zero attached hydrogens (tertiary/aromatic N) is 3. The molecule has 4 rings (SSSR count). The number of ketones is 2. The van der Waals surface area contributed by atoms with Gasteiger partial charge in [-0.05, 0) is 13.1 Å². The number of hydrogen-bond acceptors (Lipinski definition) is 6. The van der Waals surface area contributed by atoms with Gasteiger partial charge in [-0.3, -0.25) is 9.59 Å². The summed E-state index contributed by atoms with van der Waals surface area (Å²) in [5, 5.41) is 3.11. The van der Waals surface area contributed by atoms with E-state index in [9.17, 15) is 9.59 Å². The molecule has 3 heterocycles. The van der Waals surface area contributed by atoms with Crippen molar-refractivity contribution in [3.63, 3.8) is 0 Å². The Hall–Kier alpha value is -1.82. The molecule has 0 radical (unpaired) electrons. The summed E-state index contributed by atoms with van der Waals surface area (Å²) in [7, 11) is 0. The average Bonchev–Trinajstić information content (AvgIpc) is 3.37. The molecule has 3 fully saturated rings. The van der Waals surface area contributed by atoms with Gasteiger partial charge < -0.3 is 20.0 Å². The SMILES string of the molecule is CCNCC.O=C1C=C(N2CC2)C(=O)C(N2CC2)=C1N1CC1. The molecule has 0 aromatic carbocycles. The summed E-state index contributed by atoms with van der Waals surface area (Å²) < 4.78 is 0. The minimum absolute atomic E-state index is 0.00546. The number of nitrogens with one attached hydrogen (secondary N) is 1. The second-order valence-corrected chi connectivity index (χ2v) is 5.84. The molecule has 120 valence electrons. The number of Topliss-reactive ketones (excluding diaryl/α,β-unsaturated/α-hetero) is 1. The summed E-state index contributed by atoms with van der Waals surface area (Å²) in [6.45, 7) is 11.8. The van der Waals surface area contributed by atoms with Crippen molar-refractivity contribution >= 4 is 11.6 Å². The van der Waals surface area contributed by atoms with E-state index >= 15 is 0 Å². The lowest BCUT2D eigenvalue weighted by Crippen LogP contribution is -2.29. The van der Waals surface area contributed by atoms with Gasteiger partial charge in [0.1, 0.15) is 11.4 Å². The predicted octanol–water partition coefficient (Wildman–Crippen LogP) is -0.204. The van der Waals surface area contributed by atoms with E-state index < -0.39 is 0 Å². The van der Waals surface area contributed by atoms with Gasteiger partial charge >= 0.3 is 0 Å². The Morgan fingerprint density at radius 3 is 1.77 bits per heavy atom. The van der Waals surface area contributed by atoms with Crippen molar-refractivity contribution in [2.45, 2.75) is 13.8 Å². The van der Waals surface area contributed by atoms with Crippen LogP contribution in [0.15, 0.2) is 23.2 Å². The minimum Gasteiger partial charge on any atom is -0.365 e. The van der Waals surface area contributed by atoms with E-state index in [1.807, 2.05) is 14.7 Å². The monoisotopic (exact) mass is 304 g/mol. The molecule has 6 heteroatoms. The molecule has 4 aliphatic rings. The van der Waals surface area contributed by atoms with Gasteiger partial charge in [0.15, 0.2) is 0 Å². The molecule has 0 aromatic rings. The fourth-order valence-electron chi connectivity index (χ4n) is 2.53. The van der Waals surface area contributed by atoms with Crippen LogP contribution in [0.2, 0.25) is 0 Å². The lowest BCUT2D eigenvalue weighted by atomic mass is 10.0. The van der Waals surface area contributed by atoms with E-state index in [1.165, 1.54) is 6.08 Å². The average molecular weight is 304 g/mol. The third-order valence-electron chi connectivity index (χ3n) is 3.99. The molecule has 0 saturated carbocycles. The summed E-state index contributed by atoms with van der Waals surface area (Å²) in [4.78, 5) is 30.5. The van der Waals surface area contributed by atoms with E-state index in [2.05, 4.69) is 19.2 Å². The molecule has 6 nitrogen and oxygen atoms in total. The van der Waals surface area contributed by atoms with Crippen LogP contribution in [0.5, 0.6) is 0 Å². The smallest absolute Gasteiger partial charge is 0.227 e. The molecule has 0 spiro atoms. The fourth-order valence-corrected chi connectivity index (χ4v) is 2.53. The van der Waals surface area contributed by atoms with Gasteiger partial charge in [-0.25, -0.2) is 0 Å². The van der Waals surface area contributed by atoms with Crippen molar-refractivity contribution < 1.29 is 9.59 Å². The highest BCUT2D eigenvalue weighted by molar-refractivity contribution is 6.22. The number of allylic oxidation sites excluding steroid dienone is 1. The largest absolute Gasteiger partial charge is 0.365 e. The van der Waals surface area contributed by atoms with E-state index in [-0.39, 0.29) is 11.6 Å². The predicted molar refractivity (Wildman–Crippen MR) is 84.1 cm³/mol. The fraction of sp³-hybridized carbons (Fsp3) is 0.625. The molecule has 3 aliphatic heterocycles. The van der Waals surface area contributed by atoms with Crippen LogP contribution in [0, 0.1) is 0 Å². The van der Waals surface area contributed by atoms with Gasteiger partial charge in [0.2, 0.25) is 11.6 Å². The van der Waals surface area contributed by atoms with E-state index in [0.29, 0.717) is 17.1 Å². The summed E-state index contributed by atoms with van der Waals surface area (Å²) in [5.41, 5.74) is 1.89. The zero-order valence-corrected chi connectivity index (χ0v) is 13.4. The van der Waals surface area contributed by atoms with Gasteiger partial charge in [0.05, 0.1) is 5.70 Å². The lowest BCUT2D eigenvalue weighted by Gasteiger charge is -2.21. The van der Waals surface area contributed by atoms with Crippen molar-refractivity contribution in [2.24, 2.45) is 0 Å². The topological polar surface area (TPSA) is 55.2 Å². The molecule has 1 aliphatic carbocycles. The Balaban J connectivity index is 0.000000254. The Labute approximate surface area is 131 Å². The molecular formula is C16H24N4O2. The van der Waals surface area contributed by atoms with Crippen molar-refractivity contribution in [2.75, 3.05) is 52.4 Å². The molecule has 0 atom stereocenters. The quantitative estimate of drug-likeness (QED) is 0.561. The van der Waals surface area contributed by atoms with Crippen molar-refractivity contribution in [1.29, 1.82) is 0 Å². The summed E-state index contributed by atoms with van der Waals surface area (Å²) in [5.74, 6) is 0.0485. The second-order valence-electron chi connectivity index (χ2n) is 5.84. The molecule has 0 unspecified atom stereocenters. The maximum absolute atomic E-state index is 12.4. The Morgan fingerprint density at radius 1 is 0.864 bits per heavy atom. The van der Waals surface area contributed by atoms with E-state index in [0.717, 1.165) is 52.4 Å². The van der Waals surface area contributed by atoms with Crippen LogP contribution in [-0.4, -0.2) is 78.6 Å². The Bertz CT molecular complexity index is 538. The maximum atomic E-state index is 12.4. The second kappa shape index (κ2) is 6.12. The van der Waals surface area contributed by atoms with Crippen molar-refractivity contribution in [1.82, 2.24) is 20.0 Å². The maximum Gasteiger partial charge on any atom is 0.227 e. The van der Waals surface area contributed by atoms with Gasteiger partial charge in [-0.1, -0.05) is 13.8 Å². The minimum atomic E-state index is 0.00546. The van der Waals surface area contributed by atoms with Crippen molar-refractivity contribution in [3.8, 4) is 0 Å². The Morgan fingerprint density at radius 2 is 1.36 bits per heavy atom. The van der Waals surface area contributed by atoms with E-state index in [1.54, 1.807) is 0 Å². The first-order valence-corrected chi connectivity index (χ1v) is 8.18. The van der Waals surface area contributed by atoms with Gasteiger partial charge in [-0.15, -0.1) is 0 Å². The van der Waals surface area contributed by atoms with Crippen LogP contribution < -0.4 is 5.32 Å². The molecule has 1 N–H and O–H groups in total. The standard InChI is InChI=1S/C12H13N3O2.C4H11N/c16-9-7-8(13-1-2-13)12(17)11(15-5-6-15)10(9)14-3-4-14;1-3-5-4-2/h7H,1-6H2;5H,3-4H2,1-2H3. The molecule has 0 amide bonds. The van der Waals surface area contributed by atoms with Crippen LogP contribution in [0.1, 0.15) is 13.8 Å².